The Balaban J connectivity index is 1.63. The van der Waals surface area contributed by atoms with Crippen LogP contribution in [0.1, 0.15) is 11.1 Å². The summed E-state index contributed by atoms with van der Waals surface area (Å²) in [6, 6.07) is 19.5. The van der Waals surface area contributed by atoms with Gasteiger partial charge >= 0.3 is 0 Å². The van der Waals surface area contributed by atoms with Crippen LogP contribution in [0.25, 0.3) is 0 Å². The molecule has 1 heterocycles. The van der Waals surface area contributed by atoms with Gasteiger partial charge in [0.2, 0.25) is 5.91 Å². The molecule has 2 aromatic carbocycles. The van der Waals surface area contributed by atoms with Crippen molar-refractivity contribution in [3.63, 3.8) is 0 Å². The van der Waals surface area contributed by atoms with Crippen molar-refractivity contribution in [2.45, 2.75) is 13.1 Å². The van der Waals surface area contributed by atoms with Crippen LogP contribution in [0, 0.1) is 0 Å². The molecule has 1 amide bonds. The summed E-state index contributed by atoms with van der Waals surface area (Å²) in [5.74, 6) is 0.541. The van der Waals surface area contributed by atoms with Gasteiger partial charge in [0.15, 0.2) is 0 Å². The number of anilines is 1. The van der Waals surface area contributed by atoms with E-state index in [1.54, 1.807) is 24.1 Å². The fraction of sp³-hybridized carbons (Fsp3) is 0.273. The van der Waals surface area contributed by atoms with Crippen LogP contribution in [-0.4, -0.2) is 47.4 Å². The molecule has 0 saturated heterocycles. The van der Waals surface area contributed by atoms with Gasteiger partial charge in [0.1, 0.15) is 5.82 Å². The lowest BCUT2D eigenvalue weighted by atomic mass is 10.2. The first-order valence-electron chi connectivity index (χ1n) is 9.46. The molecule has 6 nitrogen and oxygen atoms in total. The third kappa shape index (κ3) is 6.42. The quantitative estimate of drug-likeness (QED) is 0.552. The second kappa shape index (κ2) is 10.8. The number of carbonyl (C=O) groups excluding carboxylic acids is 1. The molecule has 0 radical (unpaired) electrons. The summed E-state index contributed by atoms with van der Waals surface area (Å²) < 4.78 is 6.93. The Kier molecular flexibility index (Phi) is 7.81. The number of methoxy groups -OCH3 is 1. The molecule has 0 aliphatic carbocycles. The minimum Gasteiger partial charge on any atom is -0.383 e. The van der Waals surface area contributed by atoms with Crippen LogP contribution in [0.4, 0.5) is 5.82 Å². The van der Waals surface area contributed by atoms with E-state index < -0.39 is 0 Å². The van der Waals surface area contributed by atoms with Gasteiger partial charge in [-0.1, -0.05) is 60.1 Å². The molecule has 0 unspecified atom stereocenters. The fourth-order valence-electron chi connectivity index (χ4n) is 3.01. The van der Waals surface area contributed by atoms with Crippen LogP contribution >= 0.6 is 11.6 Å². The molecule has 3 aromatic rings. The summed E-state index contributed by atoms with van der Waals surface area (Å²) in [4.78, 5) is 14.7. The maximum Gasteiger partial charge on any atom is 0.239 e. The molecule has 1 N–H and O–H groups in total. The van der Waals surface area contributed by atoms with Crippen molar-refractivity contribution in [2.75, 3.05) is 32.1 Å². The Morgan fingerprint density at radius 2 is 1.90 bits per heavy atom. The maximum atomic E-state index is 12.7. The molecule has 7 heteroatoms. The van der Waals surface area contributed by atoms with Gasteiger partial charge in [0.25, 0.3) is 0 Å². The van der Waals surface area contributed by atoms with Gasteiger partial charge in [-0.3, -0.25) is 9.69 Å². The fourth-order valence-corrected chi connectivity index (χ4v) is 3.21. The van der Waals surface area contributed by atoms with Crippen LogP contribution in [0.2, 0.25) is 5.02 Å². The summed E-state index contributed by atoms with van der Waals surface area (Å²) in [5, 5.41) is 7.95. The second-order valence-electron chi connectivity index (χ2n) is 6.70. The number of nitrogens with zero attached hydrogens (tertiary/aromatic N) is 3. The molecule has 0 spiro atoms. The summed E-state index contributed by atoms with van der Waals surface area (Å²) in [7, 11) is 1.66. The lowest BCUT2D eigenvalue weighted by Crippen LogP contribution is -2.35. The topological polar surface area (TPSA) is 59.4 Å². The zero-order chi connectivity index (χ0) is 20.5. The van der Waals surface area contributed by atoms with Gasteiger partial charge in [-0.15, -0.1) is 0 Å². The largest absolute Gasteiger partial charge is 0.383 e. The SMILES string of the molecule is COCCN(CC(=O)Nc1ccnn1Cc1ccccc1Cl)Cc1ccccc1. The van der Waals surface area contributed by atoms with E-state index in [4.69, 9.17) is 16.3 Å². The maximum absolute atomic E-state index is 12.7. The Bertz CT molecular complexity index is 914. The number of halogens is 1. The van der Waals surface area contributed by atoms with E-state index in [-0.39, 0.29) is 12.5 Å². The van der Waals surface area contributed by atoms with Gasteiger partial charge in [0.05, 0.1) is 25.9 Å². The van der Waals surface area contributed by atoms with Crippen LogP contribution < -0.4 is 5.32 Å². The zero-order valence-corrected chi connectivity index (χ0v) is 17.2. The van der Waals surface area contributed by atoms with Crippen molar-refractivity contribution in [1.82, 2.24) is 14.7 Å². The van der Waals surface area contributed by atoms with E-state index in [1.165, 1.54) is 0 Å². The number of hydrogen-bond donors (Lipinski definition) is 1. The van der Waals surface area contributed by atoms with E-state index in [9.17, 15) is 4.79 Å². The molecule has 29 heavy (non-hydrogen) atoms. The molecule has 1 aromatic heterocycles. The van der Waals surface area contributed by atoms with E-state index >= 15 is 0 Å². The standard InChI is InChI=1S/C22H25ClN4O2/c1-29-14-13-26(15-18-7-3-2-4-8-18)17-22(28)25-21-11-12-24-27(21)16-19-9-5-6-10-20(19)23/h2-12H,13-17H2,1H3,(H,25,28). The summed E-state index contributed by atoms with van der Waals surface area (Å²) in [6.07, 6.45) is 1.67. The molecule has 0 fully saturated rings. The number of nitrogens with one attached hydrogen (secondary N) is 1. The summed E-state index contributed by atoms with van der Waals surface area (Å²) in [6.45, 7) is 2.65. The summed E-state index contributed by atoms with van der Waals surface area (Å²) in [5.41, 5.74) is 2.10. The molecule has 0 aliphatic heterocycles. The minimum absolute atomic E-state index is 0.0991. The molecule has 152 valence electrons. The minimum atomic E-state index is -0.0991. The Morgan fingerprint density at radius 1 is 1.14 bits per heavy atom. The Hall–Kier alpha value is -2.67. The van der Waals surface area contributed by atoms with Crippen molar-refractivity contribution in [3.8, 4) is 0 Å². The average molecular weight is 413 g/mol. The van der Waals surface area contributed by atoms with Crippen molar-refractivity contribution in [1.29, 1.82) is 0 Å². The van der Waals surface area contributed by atoms with Crippen molar-refractivity contribution in [2.24, 2.45) is 0 Å². The smallest absolute Gasteiger partial charge is 0.239 e. The van der Waals surface area contributed by atoms with E-state index in [0.29, 0.717) is 37.1 Å². The van der Waals surface area contributed by atoms with E-state index in [0.717, 1.165) is 11.1 Å². The highest BCUT2D eigenvalue weighted by molar-refractivity contribution is 6.31. The predicted octanol–water partition coefficient (Wildman–Crippen LogP) is 3.67. The third-order valence-electron chi connectivity index (χ3n) is 4.49. The molecular weight excluding hydrogens is 388 g/mol. The highest BCUT2D eigenvalue weighted by atomic mass is 35.5. The molecule has 3 rings (SSSR count). The van der Waals surface area contributed by atoms with Crippen LogP contribution in [0.15, 0.2) is 66.9 Å². The number of benzene rings is 2. The van der Waals surface area contributed by atoms with E-state index in [2.05, 4.69) is 27.4 Å². The van der Waals surface area contributed by atoms with Crippen LogP contribution in [0.3, 0.4) is 0 Å². The summed E-state index contributed by atoms with van der Waals surface area (Å²) >= 11 is 6.25. The second-order valence-corrected chi connectivity index (χ2v) is 7.11. The number of amides is 1. The first-order valence-corrected chi connectivity index (χ1v) is 9.84. The van der Waals surface area contributed by atoms with Crippen molar-refractivity contribution >= 4 is 23.3 Å². The van der Waals surface area contributed by atoms with Crippen LogP contribution in [0.5, 0.6) is 0 Å². The number of hydrogen-bond acceptors (Lipinski definition) is 4. The Labute approximate surface area is 176 Å². The van der Waals surface area contributed by atoms with E-state index in [1.807, 2.05) is 42.5 Å². The van der Waals surface area contributed by atoms with Gasteiger partial charge in [0, 0.05) is 31.3 Å². The number of rotatable bonds is 10. The number of carbonyl (C=O) groups is 1. The first-order chi connectivity index (χ1) is 14.2. The highest BCUT2D eigenvalue weighted by Crippen LogP contribution is 2.18. The highest BCUT2D eigenvalue weighted by Gasteiger charge is 2.14. The molecule has 0 aliphatic rings. The van der Waals surface area contributed by atoms with Gasteiger partial charge in [-0.05, 0) is 17.2 Å². The third-order valence-corrected chi connectivity index (χ3v) is 4.86. The zero-order valence-electron chi connectivity index (χ0n) is 16.4. The molecule has 0 bridgehead atoms. The monoisotopic (exact) mass is 412 g/mol. The first kappa shape index (κ1) is 21.0. The Morgan fingerprint density at radius 3 is 2.66 bits per heavy atom. The van der Waals surface area contributed by atoms with Crippen LogP contribution in [-0.2, 0) is 22.6 Å². The number of aromatic nitrogens is 2. The van der Waals surface area contributed by atoms with Crippen molar-refractivity contribution < 1.29 is 9.53 Å². The van der Waals surface area contributed by atoms with Crippen molar-refractivity contribution in [3.05, 3.63) is 83.0 Å². The average Bonchev–Trinajstić information content (AvgIpc) is 3.15. The molecule has 0 saturated carbocycles. The van der Waals surface area contributed by atoms with Gasteiger partial charge in [-0.25, -0.2) is 4.68 Å². The predicted molar refractivity (Wildman–Crippen MR) is 115 cm³/mol. The lowest BCUT2D eigenvalue weighted by molar-refractivity contribution is -0.117. The van der Waals surface area contributed by atoms with Gasteiger partial charge in [-0.2, -0.15) is 5.10 Å². The molecule has 0 atom stereocenters. The van der Waals surface area contributed by atoms with Gasteiger partial charge < -0.3 is 10.1 Å². The lowest BCUT2D eigenvalue weighted by Gasteiger charge is -2.21. The number of ether oxygens (including phenoxy) is 1. The molecular formula is C22H25ClN4O2. The normalized spacial score (nSPS) is 11.0.